The lowest BCUT2D eigenvalue weighted by atomic mass is 10.1. The molecule has 2 N–H and O–H groups in total. The number of hydrogen-bond acceptors (Lipinski definition) is 9. The quantitative estimate of drug-likeness (QED) is 0.272. The van der Waals surface area contributed by atoms with Crippen LogP contribution < -0.4 is 20.7 Å². The number of ether oxygens (including phenoxy) is 1. The number of carbonyl (C=O) groups is 2. The molecule has 1 saturated carbocycles. The van der Waals surface area contributed by atoms with Crippen LogP contribution in [0.1, 0.15) is 50.4 Å². The number of rotatable bonds is 11. The van der Waals surface area contributed by atoms with Crippen LogP contribution >= 0.6 is 7.14 Å². The molecule has 11 heteroatoms. The van der Waals surface area contributed by atoms with E-state index in [-0.39, 0.29) is 24.0 Å². The predicted octanol–water partition coefficient (Wildman–Crippen LogP) is 4.66. The van der Waals surface area contributed by atoms with Crippen LogP contribution in [0.5, 0.6) is 5.75 Å². The zero-order chi connectivity index (χ0) is 26.6. The van der Waals surface area contributed by atoms with E-state index in [0.29, 0.717) is 57.7 Å². The Morgan fingerprint density at radius 3 is 2.35 bits per heavy atom. The number of aromatic nitrogens is 4. The van der Waals surface area contributed by atoms with E-state index in [2.05, 4.69) is 30.6 Å². The first-order valence-corrected chi connectivity index (χ1v) is 14.5. The molecule has 1 fully saturated rings. The monoisotopic (exact) mass is 522 g/mol. The molecule has 3 aromatic heterocycles. The van der Waals surface area contributed by atoms with Crippen LogP contribution in [-0.4, -0.2) is 51.1 Å². The van der Waals surface area contributed by atoms with Gasteiger partial charge in [0.25, 0.3) is 0 Å². The van der Waals surface area contributed by atoms with Crippen molar-refractivity contribution in [2.24, 2.45) is 5.92 Å². The summed E-state index contributed by atoms with van der Waals surface area (Å²) in [4.78, 5) is 42.5. The van der Waals surface area contributed by atoms with E-state index < -0.39 is 7.14 Å². The van der Waals surface area contributed by atoms with Crippen molar-refractivity contribution < 1.29 is 18.9 Å². The van der Waals surface area contributed by atoms with E-state index in [0.717, 1.165) is 12.8 Å². The van der Waals surface area contributed by atoms with Crippen LogP contribution in [0.4, 0.5) is 17.3 Å². The average Bonchev–Trinajstić information content (AvgIpc) is 3.78. The number of pyridine rings is 2. The van der Waals surface area contributed by atoms with Gasteiger partial charge in [-0.2, -0.15) is 0 Å². The minimum atomic E-state index is -2.50. The molecule has 1 aliphatic rings. The number of anilines is 3. The van der Waals surface area contributed by atoms with Gasteiger partial charge in [-0.15, -0.1) is 0 Å². The first-order valence-electron chi connectivity index (χ1n) is 12.4. The van der Waals surface area contributed by atoms with Crippen molar-refractivity contribution in [1.82, 2.24) is 19.9 Å². The number of amides is 1. The van der Waals surface area contributed by atoms with Gasteiger partial charge in [-0.1, -0.05) is 20.8 Å². The first-order chi connectivity index (χ1) is 17.8. The van der Waals surface area contributed by atoms with Gasteiger partial charge in [-0.3, -0.25) is 9.59 Å². The number of carbonyl (C=O) groups excluding carboxylic acids is 2. The summed E-state index contributed by atoms with van der Waals surface area (Å²) in [5.74, 6) is 1.28. The van der Waals surface area contributed by atoms with Crippen LogP contribution in [0.25, 0.3) is 11.4 Å². The van der Waals surface area contributed by atoms with Crippen LogP contribution in [0, 0.1) is 5.92 Å². The van der Waals surface area contributed by atoms with Crippen LogP contribution in [-0.2, 0) is 9.36 Å². The van der Waals surface area contributed by atoms with E-state index in [1.54, 1.807) is 37.6 Å². The summed E-state index contributed by atoms with van der Waals surface area (Å²) >= 11 is 0. The van der Waals surface area contributed by atoms with Crippen molar-refractivity contribution in [1.29, 1.82) is 0 Å². The topological polar surface area (TPSA) is 136 Å². The Morgan fingerprint density at radius 1 is 1.05 bits per heavy atom. The van der Waals surface area contributed by atoms with Gasteiger partial charge < -0.3 is 19.9 Å². The molecule has 0 atom stereocenters. The predicted molar refractivity (Wildman–Crippen MR) is 144 cm³/mol. The highest BCUT2D eigenvalue weighted by atomic mass is 31.2. The molecule has 0 saturated heterocycles. The second-order valence-electron chi connectivity index (χ2n) is 8.81. The lowest BCUT2D eigenvalue weighted by Crippen LogP contribution is -2.15. The van der Waals surface area contributed by atoms with Crippen molar-refractivity contribution in [2.45, 2.75) is 40.0 Å². The highest BCUT2D eigenvalue weighted by Gasteiger charge is 2.30. The number of Topliss-reactive ketones (excluding diaryl/α,β-unsaturated/α-hetero) is 1. The molecule has 0 spiro atoms. The molecule has 3 aromatic rings. The molecule has 4 rings (SSSR count). The summed E-state index contributed by atoms with van der Waals surface area (Å²) in [5.41, 5.74) is 1.39. The summed E-state index contributed by atoms with van der Waals surface area (Å²) in [6.07, 6.45) is 9.38. The molecule has 0 aliphatic heterocycles. The Bertz CT molecular complexity index is 1350. The Hall–Kier alpha value is -3.65. The van der Waals surface area contributed by atoms with Gasteiger partial charge in [0.1, 0.15) is 13.0 Å². The second kappa shape index (κ2) is 11.2. The Kier molecular flexibility index (Phi) is 7.97. The van der Waals surface area contributed by atoms with Gasteiger partial charge in [0.05, 0.1) is 23.9 Å². The molecule has 0 bridgehead atoms. The summed E-state index contributed by atoms with van der Waals surface area (Å²) in [5, 5.41) is 6.64. The van der Waals surface area contributed by atoms with E-state index in [1.165, 1.54) is 13.3 Å². The van der Waals surface area contributed by atoms with E-state index in [1.807, 2.05) is 13.8 Å². The van der Waals surface area contributed by atoms with Gasteiger partial charge in [0.15, 0.2) is 23.2 Å². The second-order valence-corrected chi connectivity index (χ2v) is 12.4. The minimum absolute atomic E-state index is 0.0172. The molecule has 37 heavy (non-hydrogen) atoms. The van der Waals surface area contributed by atoms with E-state index in [9.17, 15) is 14.2 Å². The normalized spacial score (nSPS) is 13.2. The fourth-order valence-electron chi connectivity index (χ4n) is 3.92. The van der Waals surface area contributed by atoms with E-state index >= 15 is 0 Å². The molecule has 3 heterocycles. The smallest absolute Gasteiger partial charge is 0.228 e. The summed E-state index contributed by atoms with van der Waals surface area (Å²) in [7, 11) is -0.995. The minimum Gasteiger partial charge on any atom is -0.492 e. The maximum absolute atomic E-state index is 13.0. The molecule has 0 radical (unpaired) electrons. The Morgan fingerprint density at radius 2 is 1.76 bits per heavy atom. The maximum atomic E-state index is 13.0. The summed E-state index contributed by atoms with van der Waals surface area (Å²) < 4.78 is 18.7. The number of ketones is 1. The van der Waals surface area contributed by atoms with Crippen LogP contribution in [0.15, 0.2) is 36.9 Å². The molecular weight excluding hydrogens is 491 g/mol. The van der Waals surface area contributed by atoms with Crippen molar-refractivity contribution >= 4 is 41.5 Å². The van der Waals surface area contributed by atoms with Gasteiger partial charge in [0.2, 0.25) is 5.91 Å². The third-order valence-corrected chi connectivity index (χ3v) is 9.67. The highest BCUT2D eigenvalue weighted by Crippen LogP contribution is 2.43. The summed E-state index contributed by atoms with van der Waals surface area (Å²) in [6.45, 7) is 5.58. The van der Waals surface area contributed by atoms with Crippen molar-refractivity contribution in [3.63, 3.8) is 0 Å². The summed E-state index contributed by atoms with van der Waals surface area (Å²) in [6, 6.07) is 3.35. The standard InChI is InChI=1S/C26H31N6O4P/c1-5-21(33)19-15-28-22(32-26(34)16-8-9-16)12-20(19)31-25-23(36-4)18(10-11-27-25)24-29-13-17(14-30-24)37(35,6-2)7-3/h10-16H,5-9H2,1-4H3,(H2,27,28,31,32,34). The Balaban J connectivity index is 1.69. The van der Waals surface area contributed by atoms with Gasteiger partial charge in [-0.05, 0) is 18.9 Å². The molecule has 0 unspecified atom stereocenters. The van der Waals surface area contributed by atoms with Gasteiger partial charge >= 0.3 is 0 Å². The van der Waals surface area contributed by atoms with Gasteiger partial charge in [0, 0.05) is 60.8 Å². The number of methoxy groups -OCH3 is 1. The highest BCUT2D eigenvalue weighted by molar-refractivity contribution is 7.71. The lowest BCUT2D eigenvalue weighted by molar-refractivity contribution is -0.117. The number of hydrogen-bond donors (Lipinski definition) is 2. The fourth-order valence-corrected chi connectivity index (χ4v) is 5.63. The number of nitrogens with one attached hydrogen (secondary N) is 2. The maximum Gasteiger partial charge on any atom is 0.228 e. The first kappa shape index (κ1) is 26.4. The molecule has 1 amide bonds. The van der Waals surface area contributed by atoms with Crippen molar-refractivity contribution in [3.05, 3.63) is 42.5 Å². The van der Waals surface area contributed by atoms with Crippen LogP contribution in [0.2, 0.25) is 0 Å². The zero-order valence-corrected chi connectivity index (χ0v) is 22.3. The molecule has 1 aliphatic carbocycles. The number of nitrogens with zero attached hydrogens (tertiary/aromatic N) is 4. The van der Waals surface area contributed by atoms with Crippen molar-refractivity contribution in [3.8, 4) is 17.1 Å². The molecule has 194 valence electrons. The van der Waals surface area contributed by atoms with E-state index in [4.69, 9.17) is 4.74 Å². The molecule has 0 aromatic carbocycles. The van der Waals surface area contributed by atoms with Gasteiger partial charge in [-0.25, -0.2) is 19.9 Å². The van der Waals surface area contributed by atoms with Crippen molar-refractivity contribution in [2.75, 3.05) is 30.1 Å². The third kappa shape index (κ3) is 5.69. The molecular formula is C26H31N6O4P. The van der Waals surface area contributed by atoms with Crippen LogP contribution in [0.3, 0.4) is 0 Å². The molecule has 10 nitrogen and oxygen atoms in total. The fraction of sp³-hybridized carbons (Fsp3) is 0.385. The SMILES string of the molecule is CCC(=O)c1cnc(NC(=O)C2CC2)cc1Nc1nccc(-c2ncc(P(=O)(CC)CC)cn2)c1OC. The average molecular weight is 523 g/mol. The third-order valence-electron chi connectivity index (χ3n) is 6.46. The Labute approximate surface area is 216 Å². The largest absolute Gasteiger partial charge is 0.492 e. The zero-order valence-electron chi connectivity index (χ0n) is 21.4. The lowest BCUT2D eigenvalue weighted by Gasteiger charge is -2.17.